The summed E-state index contributed by atoms with van der Waals surface area (Å²) in [4.78, 5) is 14.2. The minimum Gasteiger partial charge on any atom is -0.352 e. The van der Waals surface area contributed by atoms with E-state index in [-0.39, 0.29) is 11.2 Å². The van der Waals surface area contributed by atoms with Crippen molar-refractivity contribution >= 4 is 17.7 Å². The van der Waals surface area contributed by atoms with Crippen LogP contribution in [0.2, 0.25) is 0 Å². The third-order valence-electron chi connectivity index (χ3n) is 4.79. The monoisotopic (exact) mass is 353 g/mol. The molecule has 25 heavy (non-hydrogen) atoms. The standard InChI is InChI=1S/C22H27NOS/c24-22(23-19-14-8-2-1-3-9-15-19)21(18-12-6-4-7-13-18)25-20-16-10-5-11-17-20/h4-7,10-13,16-17,19,21H,1-3,8-9,14-15H2,(H,23,24). The van der Waals surface area contributed by atoms with Crippen LogP contribution in [0.5, 0.6) is 0 Å². The summed E-state index contributed by atoms with van der Waals surface area (Å²) in [5.41, 5.74) is 1.07. The van der Waals surface area contributed by atoms with Crippen LogP contribution >= 0.6 is 11.8 Å². The number of amides is 1. The van der Waals surface area contributed by atoms with E-state index in [1.165, 1.54) is 32.1 Å². The molecule has 0 aromatic heterocycles. The van der Waals surface area contributed by atoms with Gasteiger partial charge in [0.05, 0.1) is 0 Å². The number of rotatable bonds is 5. The van der Waals surface area contributed by atoms with Crippen molar-refractivity contribution < 1.29 is 4.79 Å². The maximum Gasteiger partial charge on any atom is 0.238 e. The molecule has 3 heteroatoms. The fourth-order valence-corrected chi connectivity index (χ4v) is 4.47. The molecule has 0 bridgehead atoms. The van der Waals surface area contributed by atoms with E-state index in [1.54, 1.807) is 11.8 Å². The molecule has 0 radical (unpaired) electrons. The molecule has 1 N–H and O–H groups in total. The molecular weight excluding hydrogens is 326 g/mol. The maximum atomic E-state index is 13.1. The van der Waals surface area contributed by atoms with Crippen molar-refractivity contribution in [3.63, 3.8) is 0 Å². The SMILES string of the molecule is O=C(NC1CCCCCCC1)C(Sc1ccccc1)c1ccccc1. The first-order valence-electron chi connectivity index (χ1n) is 9.40. The van der Waals surface area contributed by atoms with Gasteiger partial charge in [0.1, 0.15) is 5.25 Å². The molecule has 1 atom stereocenters. The summed E-state index contributed by atoms with van der Waals surface area (Å²) < 4.78 is 0. The van der Waals surface area contributed by atoms with Crippen molar-refractivity contribution in [2.24, 2.45) is 0 Å². The Bertz CT molecular complexity index is 636. The second-order valence-corrected chi connectivity index (χ2v) is 7.95. The topological polar surface area (TPSA) is 29.1 Å². The van der Waals surface area contributed by atoms with Gasteiger partial charge in [-0.25, -0.2) is 0 Å². The highest BCUT2D eigenvalue weighted by Gasteiger charge is 2.24. The predicted octanol–water partition coefficient (Wildman–Crippen LogP) is 5.75. The van der Waals surface area contributed by atoms with E-state index in [2.05, 4.69) is 29.6 Å². The fourth-order valence-electron chi connectivity index (χ4n) is 3.41. The van der Waals surface area contributed by atoms with E-state index in [4.69, 9.17) is 0 Å². The fraction of sp³-hybridized carbons (Fsp3) is 0.409. The molecule has 1 saturated carbocycles. The molecule has 3 rings (SSSR count). The van der Waals surface area contributed by atoms with Gasteiger partial charge in [-0.05, 0) is 30.5 Å². The van der Waals surface area contributed by atoms with Gasteiger partial charge >= 0.3 is 0 Å². The van der Waals surface area contributed by atoms with Crippen LogP contribution in [-0.2, 0) is 4.79 Å². The first-order chi connectivity index (χ1) is 12.3. The number of benzene rings is 2. The molecule has 0 saturated heterocycles. The molecule has 0 aliphatic heterocycles. The third-order valence-corrected chi connectivity index (χ3v) is 6.06. The van der Waals surface area contributed by atoms with Gasteiger partial charge in [0.15, 0.2) is 0 Å². The van der Waals surface area contributed by atoms with E-state index >= 15 is 0 Å². The lowest BCUT2D eigenvalue weighted by molar-refractivity contribution is -0.121. The predicted molar refractivity (Wildman–Crippen MR) is 106 cm³/mol. The largest absolute Gasteiger partial charge is 0.352 e. The van der Waals surface area contributed by atoms with Crippen LogP contribution in [0.3, 0.4) is 0 Å². The van der Waals surface area contributed by atoms with Crippen molar-refractivity contribution in [2.75, 3.05) is 0 Å². The third kappa shape index (κ3) is 5.64. The summed E-state index contributed by atoms with van der Waals surface area (Å²) in [5, 5.41) is 3.15. The van der Waals surface area contributed by atoms with Crippen LogP contribution in [-0.4, -0.2) is 11.9 Å². The van der Waals surface area contributed by atoms with Gasteiger partial charge in [-0.15, -0.1) is 11.8 Å². The molecule has 1 aliphatic rings. The lowest BCUT2D eigenvalue weighted by atomic mass is 9.96. The van der Waals surface area contributed by atoms with Gasteiger partial charge in [-0.3, -0.25) is 4.79 Å². The van der Waals surface area contributed by atoms with Crippen molar-refractivity contribution in [3.8, 4) is 0 Å². The van der Waals surface area contributed by atoms with E-state index in [1.807, 2.05) is 36.4 Å². The number of nitrogens with one attached hydrogen (secondary N) is 1. The van der Waals surface area contributed by atoms with E-state index < -0.39 is 0 Å². The summed E-state index contributed by atoms with van der Waals surface area (Å²) in [6.45, 7) is 0. The molecule has 1 unspecified atom stereocenters. The van der Waals surface area contributed by atoms with E-state index in [0.717, 1.165) is 23.3 Å². The van der Waals surface area contributed by atoms with Crippen LogP contribution in [0.1, 0.15) is 55.8 Å². The number of carbonyl (C=O) groups is 1. The zero-order valence-corrected chi connectivity index (χ0v) is 15.5. The molecule has 1 amide bonds. The average molecular weight is 354 g/mol. The van der Waals surface area contributed by atoms with Gasteiger partial charge < -0.3 is 5.32 Å². The van der Waals surface area contributed by atoms with Crippen LogP contribution in [0.15, 0.2) is 65.6 Å². The Morgan fingerprint density at radius 1 is 0.840 bits per heavy atom. The summed E-state index contributed by atoms with van der Waals surface area (Å²) in [5.74, 6) is 0.144. The molecule has 2 nitrogen and oxygen atoms in total. The van der Waals surface area contributed by atoms with Crippen molar-refractivity contribution in [3.05, 3.63) is 66.2 Å². The smallest absolute Gasteiger partial charge is 0.238 e. The number of hydrogen-bond donors (Lipinski definition) is 1. The van der Waals surface area contributed by atoms with Gasteiger partial charge in [-0.1, -0.05) is 80.6 Å². The molecular formula is C22H27NOS. The first kappa shape index (κ1) is 18.1. The van der Waals surface area contributed by atoms with E-state index in [0.29, 0.717) is 6.04 Å². The van der Waals surface area contributed by atoms with Crippen LogP contribution < -0.4 is 5.32 Å². The maximum absolute atomic E-state index is 13.1. The average Bonchev–Trinajstić information content (AvgIpc) is 2.63. The molecule has 1 fully saturated rings. The Balaban J connectivity index is 1.72. The second kappa shape index (κ2) is 9.67. The molecule has 2 aromatic carbocycles. The van der Waals surface area contributed by atoms with Gasteiger partial charge in [0, 0.05) is 10.9 Å². The summed E-state index contributed by atoms with van der Waals surface area (Å²) in [6.07, 6.45) is 8.63. The van der Waals surface area contributed by atoms with Gasteiger partial charge in [0.25, 0.3) is 0 Å². The Kier molecular flexibility index (Phi) is 6.99. The summed E-state index contributed by atoms with van der Waals surface area (Å²) in [7, 11) is 0. The zero-order valence-electron chi connectivity index (χ0n) is 14.7. The Hall–Kier alpha value is -1.74. The molecule has 0 spiro atoms. The van der Waals surface area contributed by atoms with Crippen molar-refractivity contribution in [1.82, 2.24) is 5.32 Å². The van der Waals surface area contributed by atoms with Crippen LogP contribution in [0.25, 0.3) is 0 Å². The molecule has 132 valence electrons. The number of hydrogen-bond acceptors (Lipinski definition) is 2. The van der Waals surface area contributed by atoms with Crippen LogP contribution in [0, 0.1) is 0 Å². The second-order valence-electron chi connectivity index (χ2n) is 6.77. The first-order valence-corrected chi connectivity index (χ1v) is 10.3. The Labute approximate surface area is 155 Å². The van der Waals surface area contributed by atoms with Crippen LogP contribution in [0.4, 0.5) is 0 Å². The lowest BCUT2D eigenvalue weighted by Gasteiger charge is -2.24. The number of carbonyl (C=O) groups excluding carboxylic acids is 1. The van der Waals surface area contributed by atoms with Gasteiger partial charge in [0.2, 0.25) is 5.91 Å². The normalized spacial score (nSPS) is 17.3. The highest BCUT2D eigenvalue weighted by Crippen LogP contribution is 2.35. The minimum absolute atomic E-state index is 0.144. The van der Waals surface area contributed by atoms with Gasteiger partial charge in [-0.2, -0.15) is 0 Å². The minimum atomic E-state index is -0.200. The Morgan fingerprint density at radius 3 is 2.04 bits per heavy atom. The number of thioether (sulfide) groups is 1. The molecule has 2 aromatic rings. The summed E-state index contributed by atoms with van der Waals surface area (Å²) in [6, 6.07) is 20.7. The molecule has 1 aliphatic carbocycles. The van der Waals surface area contributed by atoms with E-state index in [9.17, 15) is 4.79 Å². The van der Waals surface area contributed by atoms with Crippen molar-refractivity contribution in [1.29, 1.82) is 0 Å². The summed E-state index contributed by atoms with van der Waals surface area (Å²) >= 11 is 1.64. The lowest BCUT2D eigenvalue weighted by Crippen LogP contribution is -2.37. The molecule has 0 heterocycles. The zero-order chi connectivity index (χ0) is 17.3. The van der Waals surface area contributed by atoms with Crippen molar-refractivity contribution in [2.45, 2.75) is 61.1 Å². The highest BCUT2D eigenvalue weighted by molar-refractivity contribution is 8.00. The Morgan fingerprint density at radius 2 is 1.40 bits per heavy atom. The highest BCUT2D eigenvalue weighted by atomic mass is 32.2. The quantitative estimate of drug-likeness (QED) is 0.694.